The first-order valence-corrected chi connectivity index (χ1v) is 7.33. The van der Waals surface area contributed by atoms with Gasteiger partial charge in [-0.15, -0.1) is 0 Å². The summed E-state index contributed by atoms with van der Waals surface area (Å²) in [6.45, 7) is 7.30. The number of nitrogens with zero attached hydrogens (tertiary/aromatic N) is 1. The summed E-state index contributed by atoms with van der Waals surface area (Å²) in [6.07, 6.45) is 1.98. The van der Waals surface area contributed by atoms with Gasteiger partial charge in [-0.1, -0.05) is 26.7 Å². The van der Waals surface area contributed by atoms with Crippen LogP contribution >= 0.6 is 0 Å². The minimum atomic E-state index is -0.493. The Morgan fingerprint density at radius 1 is 1.29 bits per heavy atom. The lowest BCUT2D eigenvalue weighted by Gasteiger charge is -2.15. The monoisotopic (exact) mass is 293 g/mol. The van der Waals surface area contributed by atoms with Crippen molar-refractivity contribution in [3.63, 3.8) is 0 Å². The van der Waals surface area contributed by atoms with Gasteiger partial charge < -0.3 is 10.6 Å². The molecule has 1 rings (SSSR count). The summed E-state index contributed by atoms with van der Waals surface area (Å²) in [5, 5.41) is 16.8. The minimum Gasteiger partial charge on any atom is -0.385 e. The third-order valence-corrected chi connectivity index (χ3v) is 3.53. The molecule has 6 nitrogen and oxygen atoms in total. The Hall–Kier alpha value is -2.11. The third kappa shape index (κ3) is 4.73. The van der Waals surface area contributed by atoms with Crippen LogP contribution in [0.2, 0.25) is 0 Å². The fourth-order valence-corrected chi connectivity index (χ4v) is 2.09. The van der Waals surface area contributed by atoms with E-state index in [0.717, 1.165) is 12.8 Å². The molecule has 1 aromatic carbocycles. The number of carbonyl (C=O) groups is 1. The van der Waals surface area contributed by atoms with E-state index in [1.807, 2.05) is 6.92 Å². The van der Waals surface area contributed by atoms with Crippen molar-refractivity contribution in [2.45, 2.75) is 33.6 Å². The SMILES string of the molecule is CCNc1ccc([N+](=O)[O-])cc1C(=O)NCC(CC)CC. The molecule has 0 fully saturated rings. The molecule has 0 bridgehead atoms. The lowest BCUT2D eigenvalue weighted by Crippen LogP contribution is -2.29. The van der Waals surface area contributed by atoms with Gasteiger partial charge in [0.2, 0.25) is 0 Å². The van der Waals surface area contributed by atoms with Crippen LogP contribution < -0.4 is 10.6 Å². The number of benzene rings is 1. The Balaban J connectivity index is 2.93. The molecular weight excluding hydrogens is 270 g/mol. The summed E-state index contributed by atoms with van der Waals surface area (Å²) in [5.74, 6) is 0.150. The van der Waals surface area contributed by atoms with Gasteiger partial charge in [0.05, 0.1) is 10.5 Å². The van der Waals surface area contributed by atoms with Crippen molar-refractivity contribution in [1.29, 1.82) is 0 Å². The number of nitro benzene ring substituents is 1. The van der Waals surface area contributed by atoms with E-state index in [4.69, 9.17) is 0 Å². The van der Waals surface area contributed by atoms with E-state index < -0.39 is 4.92 Å². The fraction of sp³-hybridized carbons (Fsp3) is 0.533. The van der Waals surface area contributed by atoms with Crippen molar-refractivity contribution in [1.82, 2.24) is 5.32 Å². The van der Waals surface area contributed by atoms with Crippen LogP contribution in [0.25, 0.3) is 0 Å². The maximum Gasteiger partial charge on any atom is 0.270 e. The molecule has 0 saturated heterocycles. The number of hydrogen-bond donors (Lipinski definition) is 2. The molecule has 1 amide bonds. The quantitative estimate of drug-likeness (QED) is 0.569. The average Bonchev–Trinajstić information content (AvgIpc) is 2.48. The van der Waals surface area contributed by atoms with Crippen molar-refractivity contribution in [3.05, 3.63) is 33.9 Å². The maximum absolute atomic E-state index is 12.3. The van der Waals surface area contributed by atoms with Crippen molar-refractivity contribution >= 4 is 17.3 Å². The molecule has 1 aromatic rings. The van der Waals surface area contributed by atoms with Gasteiger partial charge in [-0.3, -0.25) is 14.9 Å². The molecule has 116 valence electrons. The average molecular weight is 293 g/mol. The van der Waals surface area contributed by atoms with Crippen molar-refractivity contribution in [3.8, 4) is 0 Å². The molecule has 0 aliphatic carbocycles. The summed E-state index contributed by atoms with van der Waals surface area (Å²) >= 11 is 0. The number of nitro groups is 1. The first-order chi connectivity index (χ1) is 10.0. The lowest BCUT2D eigenvalue weighted by molar-refractivity contribution is -0.384. The van der Waals surface area contributed by atoms with E-state index in [1.54, 1.807) is 6.07 Å². The van der Waals surface area contributed by atoms with Crippen molar-refractivity contribution in [2.75, 3.05) is 18.4 Å². The van der Waals surface area contributed by atoms with Gasteiger partial charge in [0.1, 0.15) is 0 Å². The summed E-state index contributed by atoms with van der Waals surface area (Å²) in [4.78, 5) is 22.6. The van der Waals surface area contributed by atoms with Crippen molar-refractivity contribution in [2.24, 2.45) is 5.92 Å². The second kappa shape index (κ2) is 8.24. The zero-order valence-electron chi connectivity index (χ0n) is 12.8. The number of rotatable bonds is 8. The zero-order chi connectivity index (χ0) is 15.8. The molecular formula is C15H23N3O3. The predicted molar refractivity (Wildman–Crippen MR) is 83.7 cm³/mol. The van der Waals surface area contributed by atoms with Crippen LogP contribution in [0.4, 0.5) is 11.4 Å². The van der Waals surface area contributed by atoms with E-state index in [0.29, 0.717) is 30.3 Å². The predicted octanol–water partition coefficient (Wildman–Crippen LogP) is 3.19. The first-order valence-electron chi connectivity index (χ1n) is 7.33. The molecule has 0 aliphatic rings. The van der Waals surface area contributed by atoms with Gasteiger partial charge >= 0.3 is 0 Å². The van der Waals surface area contributed by atoms with Crippen molar-refractivity contribution < 1.29 is 9.72 Å². The van der Waals surface area contributed by atoms with Crippen LogP contribution in [0.15, 0.2) is 18.2 Å². The van der Waals surface area contributed by atoms with Gasteiger partial charge in [0, 0.05) is 30.9 Å². The molecule has 2 N–H and O–H groups in total. The lowest BCUT2D eigenvalue weighted by atomic mass is 10.0. The number of anilines is 1. The number of carbonyl (C=O) groups excluding carboxylic acids is 1. The van der Waals surface area contributed by atoms with Gasteiger partial charge in [-0.05, 0) is 18.9 Å². The standard InChI is InChI=1S/C15H23N3O3/c1-4-11(5-2)10-17-15(19)13-9-12(18(20)21)7-8-14(13)16-6-3/h7-9,11,16H,4-6,10H2,1-3H3,(H,17,19). The van der Waals surface area contributed by atoms with Crippen LogP contribution in [0.3, 0.4) is 0 Å². The van der Waals surface area contributed by atoms with Crippen LogP contribution in [-0.4, -0.2) is 23.9 Å². The summed E-state index contributed by atoms with van der Waals surface area (Å²) < 4.78 is 0. The molecule has 0 radical (unpaired) electrons. The van der Waals surface area contributed by atoms with Crippen LogP contribution in [0, 0.1) is 16.0 Å². The van der Waals surface area contributed by atoms with Crippen LogP contribution in [0.5, 0.6) is 0 Å². The number of amides is 1. The highest BCUT2D eigenvalue weighted by Crippen LogP contribution is 2.22. The van der Waals surface area contributed by atoms with Crippen LogP contribution in [0.1, 0.15) is 44.0 Å². The largest absolute Gasteiger partial charge is 0.385 e. The Kier molecular flexibility index (Phi) is 6.65. The van der Waals surface area contributed by atoms with Gasteiger partial charge in [-0.25, -0.2) is 0 Å². The zero-order valence-corrected chi connectivity index (χ0v) is 12.8. The summed E-state index contributed by atoms with van der Waals surface area (Å²) in [5.41, 5.74) is 0.853. The normalized spacial score (nSPS) is 10.5. The molecule has 0 unspecified atom stereocenters. The molecule has 0 aliphatic heterocycles. The highest BCUT2D eigenvalue weighted by atomic mass is 16.6. The maximum atomic E-state index is 12.3. The molecule has 0 aromatic heterocycles. The first kappa shape index (κ1) is 16.9. The van der Waals surface area contributed by atoms with E-state index >= 15 is 0 Å². The molecule has 0 atom stereocenters. The van der Waals surface area contributed by atoms with E-state index in [1.165, 1.54) is 12.1 Å². The number of hydrogen-bond acceptors (Lipinski definition) is 4. The molecule has 0 saturated carbocycles. The molecule has 21 heavy (non-hydrogen) atoms. The smallest absolute Gasteiger partial charge is 0.270 e. The Morgan fingerprint density at radius 3 is 2.48 bits per heavy atom. The Labute approximate surface area is 125 Å². The highest BCUT2D eigenvalue weighted by Gasteiger charge is 2.17. The molecule has 0 heterocycles. The van der Waals surface area contributed by atoms with E-state index in [9.17, 15) is 14.9 Å². The topological polar surface area (TPSA) is 84.3 Å². The van der Waals surface area contributed by atoms with Gasteiger partial charge in [-0.2, -0.15) is 0 Å². The van der Waals surface area contributed by atoms with Gasteiger partial charge in [0.25, 0.3) is 11.6 Å². The van der Waals surface area contributed by atoms with Gasteiger partial charge in [0.15, 0.2) is 0 Å². The van der Waals surface area contributed by atoms with E-state index in [-0.39, 0.29) is 11.6 Å². The molecule has 0 spiro atoms. The second-order valence-corrected chi connectivity index (χ2v) is 4.91. The number of non-ortho nitro benzene ring substituents is 1. The van der Waals surface area contributed by atoms with E-state index in [2.05, 4.69) is 24.5 Å². The second-order valence-electron chi connectivity index (χ2n) is 4.91. The minimum absolute atomic E-state index is 0.0793. The fourth-order valence-electron chi connectivity index (χ4n) is 2.09. The Bertz CT molecular complexity index is 499. The van der Waals surface area contributed by atoms with Crippen LogP contribution in [-0.2, 0) is 0 Å². The summed E-state index contributed by atoms with van der Waals surface area (Å²) in [7, 11) is 0. The number of nitrogens with one attached hydrogen (secondary N) is 2. The highest BCUT2D eigenvalue weighted by molar-refractivity contribution is 6.00. The Morgan fingerprint density at radius 2 is 1.95 bits per heavy atom. The molecule has 6 heteroatoms. The third-order valence-electron chi connectivity index (χ3n) is 3.53. The summed E-state index contributed by atoms with van der Waals surface area (Å²) in [6, 6.07) is 4.30.